The SMILES string of the molecule is O=C(Nc1cccc(Cl)c1)c1nn2c(C(F)(F)F)cc(-c3ccc(Br)cc3)nc2c1Br. The Hall–Kier alpha value is -2.43. The fourth-order valence-corrected chi connectivity index (χ4v) is 3.83. The lowest BCUT2D eigenvalue weighted by atomic mass is 10.1. The number of amides is 1. The van der Waals surface area contributed by atoms with Crippen LogP contribution in [-0.4, -0.2) is 20.5 Å². The molecule has 158 valence electrons. The van der Waals surface area contributed by atoms with Crippen LogP contribution in [0.5, 0.6) is 0 Å². The van der Waals surface area contributed by atoms with Crippen molar-refractivity contribution in [1.82, 2.24) is 14.6 Å². The Balaban J connectivity index is 1.85. The van der Waals surface area contributed by atoms with Crippen LogP contribution in [0.4, 0.5) is 18.9 Å². The lowest BCUT2D eigenvalue weighted by Crippen LogP contribution is -2.15. The predicted octanol–water partition coefficient (Wildman–Crippen LogP) is 6.85. The van der Waals surface area contributed by atoms with E-state index in [0.29, 0.717) is 20.8 Å². The van der Waals surface area contributed by atoms with Gasteiger partial charge in [-0.15, -0.1) is 0 Å². The van der Waals surface area contributed by atoms with Crippen LogP contribution in [0.3, 0.4) is 0 Å². The number of hydrogen-bond acceptors (Lipinski definition) is 3. The number of alkyl halides is 3. The van der Waals surface area contributed by atoms with Gasteiger partial charge in [0.15, 0.2) is 17.0 Å². The molecule has 0 aliphatic carbocycles. The highest BCUT2D eigenvalue weighted by molar-refractivity contribution is 9.11. The highest BCUT2D eigenvalue weighted by Crippen LogP contribution is 2.35. The Labute approximate surface area is 195 Å². The van der Waals surface area contributed by atoms with Crippen LogP contribution in [0.25, 0.3) is 16.9 Å². The summed E-state index contributed by atoms with van der Waals surface area (Å²) in [6.07, 6.45) is -4.72. The van der Waals surface area contributed by atoms with Crippen LogP contribution >= 0.6 is 43.5 Å². The molecule has 4 aromatic rings. The topological polar surface area (TPSA) is 59.3 Å². The highest BCUT2D eigenvalue weighted by atomic mass is 79.9. The summed E-state index contributed by atoms with van der Waals surface area (Å²) in [6, 6.07) is 13.9. The molecule has 0 fully saturated rings. The van der Waals surface area contributed by atoms with Crippen LogP contribution in [0, 0.1) is 0 Å². The first-order chi connectivity index (χ1) is 14.6. The van der Waals surface area contributed by atoms with Gasteiger partial charge in [-0.25, -0.2) is 9.50 Å². The minimum Gasteiger partial charge on any atom is -0.321 e. The molecule has 1 N–H and O–H groups in total. The molecular formula is C20H10Br2ClF3N4O. The highest BCUT2D eigenvalue weighted by Gasteiger charge is 2.36. The molecule has 0 unspecified atom stereocenters. The molecule has 0 atom stereocenters. The van der Waals surface area contributed by atoms with Crippen molar-refractivity contribution in [1.29, 1.82) is 0 Å². The second-order valence-electron chi connectivity index (χ2n) is 6.39. The number of hydrogen-bond donors (Lipinski definition) is 1. The van der Waals surface area contributed by atoms with Gasteiger partial charge in [-0.2, -0.15) is 18.3 Å². The summed E-state index contributed by atoms with van der Waals surface area (Å²) in [4.78, 5) is 17.0. The summed E-state index contributed by atoms with van der Waals surface area (Å²) >= 11 is 12.4. The zero-order valence-electron chi connectivity index (χ0n) is 15.2. The second-order valence-corrected chi connectivity index (χ2v) is 8.54. The number of carbonyl (C=O) groups excluding carboxylic acids is 1. The van der Waals surface area contributed by atoms with E-state index in [-0.39, 0.29) is 21.5 Å². The summed E-state index contributed by atoms with van der Waals surface area (Å²) in [7, 11) is 0. The Bertz CT molecular complexity index is 1310. The number of rotatable bonds is 3. The van der Waals surface area contributed by atoms with Gasteiger partial charge in [0.1, 0.15) is 0 Å². The molecule has 2 aromatic heterocycles. The molecule has 0 aliphatic rings. The van der Waals surface area contributed by atoms with E-state index in [2.05, 4.69) is 47.3 Å². The van der Waals surface area contributed by atoms with Crippen molar-refractivity contribution in [2.75, 3.05) is 5.32 Å². The van der Waals surface area contributed by atoms with Gasteiger partial charge in [0, 0.05) is 20.7 Å². The van der Waals surface area contributed by atoms with E-state index in [1.165, 1.54) is 6.07 Å². The lowest BCUT2D eigenvalue weighted by molar-refractivity contribution is -0.142. The number of benzene rings is 2. The summed E-state index contributed by atoms with van der Waals surface area (Å²) in [5, 5.41) is 6.84. The third-order valence-corrected chi connectivity index (χ3v) is 5.75. The first-order valence-electron chi connectivity index (χ1n) is 8.63. The maximum Gasteiger partial charge on any atom is 0.433 e. The van der Waals surface area contributed by atoms with Crippen LogP contribution < -0.4 is 5.32 Å². The molecule has 0 aliphatic heterocycles. The smallest absolute Gasteiger partial charge is 0.321 e. The van der Waals surface area contributed by atoms with Crippen molar-refractivity contribution in [3.05, 3.63) is 80.0 Å². The van der Waals surface area contributed by atoms with Crippen molar-refractivity contribution in [3.8, 4) is 11.3 Å². The third kappa shape index (κ3) is 4.46. The Kier molecular flexibility index (Phi) is 5.80. The lowest BCUT2D eigenvalue weighted by Gasteiger charge is -2.11. The monoisotopic (exact) mass is 572 g/mol. The minimum atomic E-state index is -4.72. The molecule has 2 aromatic carbocycles. The summed E-state index contributed by atoms with van der Waals surface area (Å²) in [5.74, 6) is -0.710. The molecule has 0 bridgehead atoms. The van der Waals surface area contributed by atoms with Crippen LogP contribution in [0.1, 0.15) is 16.2 Å². The number of anilines is 1. The van der Waals surface area contributed by atoms with Gasteiger partial charge in [0.05, 0.1) is 10.2 Å². The molecule has 5 nitrogen and oxygen atoms in total. The average molecular weight is 575 g/mol. The fourth-order valence-electron chi connectivity index (χ4n) is 2.86. The third-order valence-electron chi connectivity index (χ3n) is 4.26. The Morgan fingerprint density at radius 3 is 2.42 bits per heavy atom. The molecule has 31 heavy (non-hydrogen) atoms. The van der Waals surface area contributed by atoms with E-state index in [1.54, 1.807) is 42.5 Å². The van der Waals surface area contributed by atoms with Crippen molar-refractivity contribution in [2.24, 2.45) is 0 Å². The standard InChI is InChI=1S/C20H10Br2ClF3N4O/c21-11-6-4-10(5-7-11)14-9-15(20(24,25)26)30-18(28-14)16(22)17(29-30)19(31)27-13-3-1-2-12(23)8-13/h1-9H,(H,27,31). The zero-order chi connectivity index (χ0) is 22.3. The van der Waals surface area contributed by atoms with Crippen LogP contribution in [-0.2, 0) is 6.18 Å². The average Bonchev–Trinajstić information content (AvgIpc) is 3.04. The van der Waals surface area contributed by atoms with E-state index >= 15 is 0 Å². The van der Waals surface area contributed by atoms with Gasteiger partial charge in [0.2, 0.25) is 0 Å². The molecule has 2 heterocycles. The predicted molar refractivity (Wildman–Crippen MR) is 118 cm³/mol. The van der Waals surface area contributed by atoms with E-state index < -0.39 is 17.8 Å². The summed E-state index contributed by atoms with van der Waals surface area (Å²) in [6.45, 7) is 0. The molecular weight excluding hydrogens is 565 g/mol. The number of aromatic nitrogens is 3. The number of carbonyl (C=O) groups is 1. The van der Waals surface area contributed by atoms with Gasteiger partial charge in [-0.05, 0) is 52.3 Å². The number of fused-ring (bicyclic) bond motifs is 1. The first kappa shape index (κ1) is 21.8. The van der Waals surface area contributed by atoms with Crippen LogP contribution in [0.15, 0.2) is 63.5 Å². The first-order valence-corrected chi connectivity index (χ1v) is 10.6. The van der Waals surface area contributed by atoms with Gasteiger partial charge in [-0.1, -0.05) is 45.7 Å². The van der Waals surface area contributed by atoms with Crippen molar-refractivity contribution in [2.45, 2.75) is 6.18 Å². The fraction of sp³-hybridized carbons (Fsp3) is 0.0500. The van der Waals surface area contributed by atoms with Crippen LogP contribution in [0.2, 0.25) is 5.02 Å². The molecule has 4 rings (SSSR count). The van der Waals surface area contributed by atoms with E-state index in [9.17, 15) is 18.0 Å². The summed E-state index contributed by atoms with van der Waals surface area (Å²) in [5.41, 5.74) is -0.488. The Morgan fingerprint density at radius 2 is 1.77 bits per heavy atom. The maximum absolute atomic E-state index is 13.8. The van der Waals surface area contributed by atoms with E-state index in [4.69, 9.17) is 11.6 Å². The maximum atomic E-state index is 13.8. The molecule has 11 heteroatoms. The molecule has 1 amide bonds. The minimum absolute atomic E-state index is 0.0384. The summed E-state index contributed by atoms with van der Waals surface area (Å²) < 4.78 is 42.8. The van der Waals surface area contributed by atoms with E-state index in [1.807, 2.05) is 0 Å². The second kappa shape index (κ2) is 8.25. The number of halogens is 6. The zero-order valence-corrected chi connectivity index (χ0v) is 19.1. The normalized spacial score (nSPS) is 11.7. The van der Waals surface area contributed by atoms with E-state index in [0.717, 1.165) is 10.5 Å². The number of nitrogens with one attached hydrogen (secondary N) is 1. The molecule has 0 saturated carbocycles. The quantitative estimate of drug-likeness (QED) is 0.291. The van der Waals surface area contributed by atoms with Gasteiger partial charge >= 0.3 is 6.18 Å². The molecule has 0 spiro atoms. The van der Waals surface area contributed by atoms with Gasteiger partial charge in [-0.3, -0.25) is 4.79 Å². The largest absolute Gasteiger partial charge is 0.433 e. The van der Waals surface area contributed by atoms with Crippen molar-refractivity contribution >= 4 is 60.7 Å². The number of nitrogens with zero attached hydrogens (tertiary/aromatic N) is 3. The molecule has 0 saturated heterocycles. The van der Waals surface area contributed by atoms with Crippen molar-refractivity contribution in [3.63, 3.8) is 0 Å². The van der Waals surface area contributed by atoms with Gasteiger partial charge in [0.25, 0.3) is 5.91 Å². The van der Waals surface area contributed by atoms with Crippen molar-refractivity contribution < 1.29 is 18.0 Å². The van der Waals surface area contributed by atoms with Gasteiger partial charge < -0.3 is 5.32 Å². The Morgan fingerprint density at radius 1 is 1.06 bits per heavy atom. The molecule has 0 radical (unpaired) electrons.